The van der Waals surface area contributed by atoms with E-state index in [1.807, 2.05) is 17.2 Å². The third kappa shape index (κ3) is 5.66. The summed E-state index contributed by atoms with van der Waals surface area (Å²) in [6.07, 6.45) is 9.25. The first-order valence-corrected chi connectivity index (χ1v) is 12.8. The second-order valence-corrected chi connectivity index (χ2v) is 9.94. The fraction of sp³-hybridized carbons (Fsp3) is 0.625. The summed E-state index contributed by atoms with van der Waals surface area (Å²) in [6.45, 7) is 5.38. The minimum absolute atomic E-state index is 0.0510. The van der Waals surface area contributed by atoms with Crippen LogP contribution >= 0.6 is 11.3 Å². The average molecular weight is 458 g/mol. The Bertz CT molecular complexity index is 881. The van der Waals surface area contributed by atoms with Crippen LogP contribution in [0.1, 0.15) is 61.9 Å². The van der Waals surface area contributed by atoms with Crippen molar-refractivity contribution in [1.82, 2.24) is 19.8 Å². The van der Waals surface area contributed by atoms with Crippen molar-refractivity contribution in [1.29, 1.82) is 0 Å². The van der Waals surface area contributed by atoms with Crippen LogP contribution in [0, 0.1) is 0 Å². The molecule has 2 fully saturated rings. The summed E-state index contributed by atoms with van der Waals surface area (Å²) in [5.41, 5.74) is 1.09. The zero-order valence-corrected chi connectivity index (χ0v) is 19.8. The molecule has 4 rings (SSSR count). The summed E-state index contributed by atoms with van der Waals surface area (Å²) in [5, 5.41) is 13.5. The Morgan fingerprint density at radius 1 is 1.25 bits per heavy atom. The number of piperidine rings is 1. The van der Waals surface area contributed by atoms with Gasteiger partial charge in [-0.15, -0.1) is 11.3 Å². The number of unbranched alkanes of at least 4 members (excludes halogenated alkanes) is 1. The van der Waals surface area contributed by atoms with Gasteiger partial charge in [0.1, 0.15) is 5.82 Å². The molecule has 32 heavy (non-hydrogen) atoms. The lowest BCUT2D eigenvalue weighted by Gasteiger charge is -2.35. The highest BCUT2D eigenvalue weighted by Gasteiger charge is 2.35. The largest absolute Gasteiger partial charge is 0.395 e. The average Bonchev–Trinajstić information content (AvgIpc) is 3.47. The van der Waals surface area contributed by atoms with Crippen LogP contribution in [0.25, 0.3) is 0 Å². The molecule has 2 N–H and O–H groups in total. The van der Waals surface area contributed by atoms with E-state index < -0.39 is 0 Å². The molecule has 0 bridgehead atoms. The number of rotatable bonds is 9. The number of nitrogens with zero attached hydrogens (tertiary/aromatic N) is 4. The van der Waals surface area contributed by atoms with Crippen LogP contribution in [0.2, 0.25) is 0 Å². The first kappa shape index (κ1) is 23.1. The maximum absolute atomic E-state index is 13.0. The number of nitrogens with one attached hydrogen (secondary N) is 1. The van der Waals surface area contributed by atoms with Gasteiger partial charge in [0.2, 0.25) is 5.91 Å². The van der Waals surface area contributed by atoms with Gasteiger partial charge in [-0.25, -0.2) is 9.97 Å². The molecule has 0 saturated carbocycles. The fourth-order valence-corrected chi connectivity index (χ4v) is 5.66. The van der Waals surface area contributed by atoms with Crippen molar-refractivity contribution in [3.8, 4) is 0 Å². The SMILES string of the molecule is CCCCc1cnc(Nc2cccc(C3CCN(C(=O)[C@@H]4CCCN4CCO)CC3)n2)s1. The third-order valence-corrected chi connectivity index (χ3v) is 7.57. The van der Waals surface area contributed by atoms with E-state index in [0.29, 0.717) is 12.5 Å². The zero-order chi connectivity index (χ0) is 22.3. The predicted octanol–water partition coefficient (Wildman–Crippen LogP) is 3.79. The van der Waals surface area contributed by atoms with Crippen LogP contribution in [0.4, 0.5) is 10.9 Å². The highest BCUT2D eigenvalue weighted by molar-refractivity contribution is 7.15. The van der Waals surface area contributed by atoms with Gasteiger partial charge < -0.3 is 15.3 Å². The number of aliphatic hydroxyl groups is 1. The highest BCUT2D eigenvalue weighted by Crippen LogP contribution is 2.30. The summed E-state index contributed by atoms with van der Waals surface area (Å²) in [7, 11) is 0. The number of amides is 1. The Hall–Kier alpha value is -2.03. The molecule has 2 aliphatic rings. The maximum Gasteiger partial charge on any atom is 0.239 e. The zero-order valence-electron chi connectivity index (χ0n) is 19.0. The van der Waals surface area contributed by atoms with Crippen LogP contribution < -0.4 is 5.32 Å². The van der Waals surface area contributed by atoms with Crippen molar-refractivity contribution in [3.63, 3.8) is 0 Å². The number of likely N-dealkylation sites (tertiary alicyclic amines) is 2. The number of carbonyl (C=O) groups is 1. The minimum Gasteiger partial charge on any atom is -0.395 e. The Morgan fingerprint density at radius 3 is 2.88 bits per heavy atom. The van der Waals surface area contributed by atoms with E-state index in [1.165, 1.54) is 17.7 Å². The van der Waals surface area contributed by atoms with Gasteiger partial charge in [0.05, 0.1) is 12.6 Å². The van der Waals surface area contributed by atoms with Crippen LogP contribution in [-0.4, -0.2) is 69.6 Å². The van der Waals surface area contributed by atoms with E-state index in [1.54, 1.807) is 11.3 Å². The van der Waals surface area contributed by atoms with E-state index in [4.69, 9.17) is 4.98 Å². The summed E-state index contributed by atoms with van der Waals surface area (Å²) in [6, 6.07) is 6.09. The first-order valence-electron chi connectivity index (χ1n) is 12.0. The Morgan fingerprint density at radius 2 is 2.09 bits per heavy atom. The van der Waals surface area contributed by atoms with Gasteiger partial charge in [-0.3, -0.25) is 9.69 Å². The van der Waals surface area contributed by atoms with Crippen molar-refractivity contribution in [2.45, 2.75) is 63.8 Å². The van der Waals surface area contributed by atoms with Crippen molar-refractivity contribution in [3.05, 3.63) is 35.0 Å². The topological polar surface area (TPSA) is 81.6 Å². The fourth-order valence-electron chi connectivity index (χ4n) is 4.80. The van der Waals surface area contributed by atoms with Crippen molar-refractivity contribution in [2.24, 2.45) is 0 Å². The van der Waals surface area contributed by atoms with Crippen LogP contribution in [0.15, 0.2) is 24.4 Å². The van der Waals surface area contributed by atoms with Gasteiger partial charge in [0, 0.05) is 42.3 Å². The van der Waals surface area contributed by atoms with Gasteiger partial charge in [-0.1, -0.05) is 19.4 Å². The molecule has 1 amide bonds. The smallest absolute Gasteiger partial charge is 0.239 e. The molecule has 7 nitrogen and oxygen atoms in total. The van der Waals surface area contributed by atoms with Gasteiger partial charge >= 0.3 is 0 Å². The molecule has 0 aliphatic carbocycles. The van der Waals surface area contributed by atoms with Crippen LogP contribution in [0.5, 0.6) is 0 Å². The quantitative estimate of drug-likeness (QED) is 0.596. The number of aromatic nitrogens is 2. The maximum atomic E-state index is 13.0. The molecule has 1 atom stereocenters. The van der Waals surface area contributed by atoms with Gasteiger partial charge in [0.25, 0.3) is 0 Å². The van der Waals surface area contributed by atoms with Crippen molar-refractivity contribution < 1.29 is 9.90 Å². The Balaban J connectivity index is 1.32. The van der Waals surface area contributed by atoms with E-state index in [9.17, 15) is 9.90 Å². The predicted molar refractivity (Wildman–Crippen MR) is 128 cm³/mol. The molecular weight excluding hydrogens is 422 g/mol. The second kappa shape index (κ2) is 11.2. The minimum atomic E-state index is -0.0510. The number of hydrogen-bond donors (Lipinski definition) is 2. The van der Waals surface area contributed by atoms with Crippen LogP contribution in [0.3, 0.4) is 0 Å². The molecule has 0 spiro atoms. The molecule has 0 aromatic carbocycles. The standard InChI is InChI=1S/C24H35N5O2S/c1-2-3-6-19-17-25-24(32-19)27-22-9-4-7-20(26-22)18-10-13-29(14-11-18)23(31)21-8-5-12-28(21)15-16-30/h4,7,9,17-18,21,30H,2-3,5-6,8,10-16H2,1H3,(H,25,26,27)/t21-/m0/s1. The molecule has 2 aromatic rings. The third-order valence-electron chi connectivity index (χ3n) is 6.60. The lowest BCUT2D eigenvalue weighted by molar-refractivity contribution is -0.137. The molecule has 0 unspecified atom stereocenters. The number of thiazole rings is 1. The molecule has 174 valence electrons. The first-order chi connectivity index (χ1) is 15.7. The van der Waals surface area contributed by atoms with Gasteiger partial charge in [-0.05, 0) is 57.2 Å². The van der Waals surface area contributed by atoms with Crippen molar-refractivity contribution in [2.75, 3.05) is 38.1 Å². The second-order valence-electron chi connectivity index (χ2n) is 8.83. The number of carbonyl (C=O) groups excluding carboxylic acids is 1. The molecule has 2 saturated heterocycles. The summed E-state index contributed by atoms with van der Waals surface area (Å²) in [4.78, 5) is 27.8. The lowest BCUT2D eigenvalue weighted by atomic mass is 9.92. The number of β-amino-alcohol motifs (C(OH)–C–C–N with tert-alkyl or cyclic N) is 1. The van der Waals surface area contributed by atoms with E-state index in [-0.39, 0.29) is 18.6 Å². The van der Waals surface area contributed by atoms with Gasteiger partial charge in [0.15, 0.2) is 5.13 Å². The Kier molecular flexibility index (Phi) is 8.10. The number of anilines is 2. The van der Waals surface area contributed by atoms with Crippen LogP contribution in [-0.2, 0) is 11.2 Å². The molecule has 0 radical (unpaired) electrons. The molecule has 8 heteroatoms. The van der Waals surface area contributed by atoms with Gasteiger partial charge in [-0.2, -0.15) is 0 Å². The number of aryl methyl sites for hydroxylation is 1. The summed E-state index contributed by atoms with van der Waals surface area (Å²) < 4.78 is 0. The number of pyridine rings is 1. The number of aliphatic hydroxyl groups excluding tert-OH is 1. The Labute approximate surface area is 194 Å². The monoisotopic (exact) mass is 457 g/mol. The van der Waals surface area contributed by atoms with E-state index >= 15 is 0 Å². The lowest BCUT2D eigenvalue weighted by Crippen LogP contribution is -2.48. The highest BCUT2D eigenvalue weighted by atomic mass is 32.1. The molecule has 4 heterocycles. The van der Waals surface area contributed by atoms with E-state index in [2.05, 4.69) is 34.3 Å². The summed E-state index contributed by atoms with van der Waals surface area (Å²) in [5.74, 6) is 1.44. The normalized spacial score (nSPS) is 20.1. The molecule has 2 aromatic heterocycles. The van der Waals surface area contributed by atoms with Crippen molar-refractivity contribution >= 4 is 28.2 Å². The summed E-state index contributed by atoms with van der Waals surface area (Å²) >= 11 is 1.70. The molecule has 2 aliphatic heterocycles. The molecular formula is C24H35N5O2S. The number of hydrogen-bond acceptors (Lipinski definition) is 7. The van der Waals surface area contributed by atoms with E-state index in [0.717, 1.165) is 68.4 Å².